The molecule has 2 aliphatic carbocycles. The van der Waals surface area contributed by atoms with E-state index in [0.29, 0.717) is 36.6 Å². The summed E-state index contributed by atoms with van der Waals surface area (Å²) in [4.78, 5) is 36.7. The summed E-state index contributed by atoms with van der Waals surface area (Å²) in [6.07, 6.45) is -1.94. The van der Waals surface area contributed by atoms with Gasteiger partial charge in [-0.2, -0.15) is 13.2 Å². The molecule has 41 heavy (non-hydrogen) atoms. The summed E-state index contributed by atoms with van der Waals surface area (Å²) in [5.74, 6) is -0.271. The molecule has 2 aromatic heterocycles. The van der Waals surface area contributed by atoms with Crippen LogP contribution in [0, 0.1) is 12.8 Å². The number of aryl methyl sites for hydroxylation is 1. The standard InChI is InChI=1S/C28H31F4N5O4/c1-14-23(27(39)36-17-6-7-20(19(29)10-17)37-22(38)12-40-2)25-26(35-14)24(33-13-34-25)18-9-16(28(30,31)32)5-8-21(18)41-11-15-3-4-15/h5,8-9,13,15,17,19-20,35H,3-4,6-7,10-12H2,1-2H3,(H,36,39)(H,37,38)/t17-,19-,20-/m1/s1. The molecule has 3 aromatic rings. The summed E-state index contributed by atoms with van der Waals surface area (Å²) in [5, 5.41) is 5.46. The minimum absolute atomic E-state index is 0.0111. The highest BCUT2D eigenvalue weighted by molar-refractivity contribution is 6.09. The average Bonchev–Trinajstić information content (AvgIpc) is 3.68. The summed E-state index contributed by atoms with van der Waals surface area (Å²) in [6.45, 7) is 1.87. The maximum Gasteiger partial charge on any atom is 0.416 e. The van der Waals surface area contributed by atoms with Gasteiger partial charge in [-0.1, -0.05) is 0 Å². The van der Waals surface area contributed by atoms with Gasteiger partial charge in [0.25, 0.3) is 5.91 Å². The van der Waals surface area contributed by atoms with Crippen molar-refractivity contribution in [3.8, 4) is 17.0 Å². The smallest absolute Gasteiger partial charge is 0.416 e. The zero-order valence-corrected chi connectivity index (χ0v) is 22.6. The van der Waals surface area contributed by atoms with E-state index >= 15 is 0 Å². The summed E-state index contributed by atoms with van der Waals surface area (Å²) in [5.41, 5.74) is 0.604. The number of aromatic nitrogens is 3. The molecule has 3 atom stereocenters. The zero-order chi connectivity index (χ0) is 29.3. The van der Waals surface area contributed by atoms with Gasteiger partial charge >= 0.3 is 6.18 Å². The van der Waals surface area contributed by atoms with Crippen LogP contribution in [0.15, 0.2) is 24.5 Å². The van der Waals surface area contributed by atoms with Crippen LogP contribution >= 0.6 is 0 Å². The van der Waals surface area contributed by atoms with E-state index in [9.17, 15) is 27.2 Å². The number of alkyl halides is 4. The normalized spacial score (nSPS) is 21.1. The number of aromatic amines is 1. The second kappa shape index (κ2) is 11.6. The van der Waals surface area contributed by atoms with E-state index in [0.717, 1.165) is 25.0 Å². The summed E-state index contributed by atoms with van der Waals surface area (Å²) < 4.78 is 66.3. The first kappa shape index (κ1) is 28.8. The number of fused-ring (bicyclic) bond motifs is 1. The predicted octanol–water partition coefficient (Wildman–Crippen LogP) is 4.49. The first-order valence-corrected chi connectivity index (χ1v) is 13.5. The molecule has 0 radical (unpaired) electrons. The molecule has 5 rings (SSSR count). The number of ether oxygens (including phenoxy) is 2. The fourth-order valence-electron chi connectivity index (χ4n) is 5.16. The van der Waals surface area contributed by atoms with Gasteiger partial charge in [0.1, 0.15) is 36.1 Å². The Morgan fingerprint density at radius 2 is 1.90 bits per heavy atom. The van der Waals surface area contributed by atoms with Crippen molar-refractivity contribution in [1.82, 2.24) is 25.6 Å². The molecule has 0 saturated heterocycles. The molecule has 13 heteroatoms. The van der Waals surface area contributed by atoms with Gasteiger partial charge in [-0.25, -0.2) is 14.4 Å². The number of H-pyrrole nitrogens is 1. The first-order valence-electron chi connectivity index (χ1n) is 13.5. The molecule has 2 fully saturated rings. The van der Waals surface area contributed by atoms with Gasteiger partial charge in [-0.3, -0.25) is 9.59 Å². The van der Waals surface area contributed by atoms with Crippen LogP contribution < -0.4 is 15.4 Å². The highest BCUT2D eigenvalue weighted by atomic mass is 19.4. The van der Waals surface area contributed by atoms with E-state index in [1.807, 2.05) is 0 Å². The molecule has 2 saturated carbocycles. The summed E-state index contributed by atoms with van der Waals surface area (Å²) in [6, 6.07) is 2.10. The monoisotopic (exact) mass is 577 g/mol. The average molecular weight is 578 g/mol. The van der Waals surface area contributed by atoms with E-state index in [2.05, 4.69) is 25.6 Å². The number of methoxy groups -OCH3 is 1. The Morgan fingerprint density at radius 3 is 2.59 bits per heavy atom. The lowest BCUT2D eigenvalue weighted by Gasteiger charge is -2.32. The Hall–Kier alpha value is -3.74. The SMILES string of the molecule is COCC(=O)N[C@@H]1CC[C@@H](NC(=O)c2c(C)[nH]c3c(-c4cc(C(F)(F)F)ccc4OCC4CC4)ncnc23)C[C@H]1F. The van der Waals surface area contributed by atoms with Crippen molar-refractivity contribution in [3.05, 3.63) is 41.3 Å². The minimum atomic E-state index is -4.58. The van der Waals surface area contributed by atoms with Crippen LogP contribution in [-0.2, 0) is 15.7 Å². The number of halogens is 4. The van der Waals surface area contributed by atoms with Gasteiger partial charge in [0.15, 0.2) is 0 Å². The van der Waals surface area contributed by atoms with E-state index < -0.39 is 41.8 Å². The molecule has 0 spiro atoms. The van der Waals surface area contributed by atoms with Crippen LogP contribution in [0.5, 0.6) is 5.75 Å². The third kappa shape index (κ3) is 6.45. The van der Waals surface area contributed by atoms with Crippen molar-refractivity contribution in [2.75, 3.05) is 20.3 Å². The lowest BCUT2D eigenvalue weighted by atomic mass is 9.89. The van der Waals surface area contributed by atoms with Gasteiger partial charge in [0.05, 0.1) is 29.3 Å². The van der Waals surface area contributed by atoms with Gasteiger partial charge in [0, 0.05) is 30.8 Å². The highest BCUT2D eigenvalue weighted by Gasteiger charge is 2.34. The lowest BCUT2D eigenvalue weighted by Crippen LogP contribution is -2.50. The number of hydrogen-bond donors (Lipinski definition) is 3. The van der Waals surface area contributed by atoms with Crippen molar-refractivity contribution >= 4 is 22.8 Å². The number of rotatable bonds is 9. The Balaban J connectivity index is 1.40. The van der Waals surface area contributed by atoms with Gasteiger partial charge in [0.2, 0.25) is 5.91 Å². The number of hydrogen-bond acceptors (Lipinski definition) is 6. The van der Waals surface area contributed by atoms with E-state index in [-0.39, 0.29) is 41.1 Å². The zero-order valence-electron chi connectivity index (χ0n) is 22.6. The topological polar surface area (TPSA) is 118 Å². The molecule has 0 aliphatic heterocycles. The molecule has 220 valence electrons. The van der Waals surface area contributed by atoms with Crippen LogP contribution in [0.1, 0.15) is 53.7 Å². The molecule has 0 unspecified atom stereocenters. The van der Waals surface area contributed by atoms with Gasteiger partial charge in [-0.15, -0.1) is 0 Å². The molecule has 9 nitrogen and oxygen atoms in total. The molecule has 1 aromatic carbocycles. The number of carbonyl (C=O) groups is 2. The molecule has 0 bridgehead atoms. The fraction of sp³-hybridized carbons (Fsp3) is 0.500. The minimum Gasteiger partial charge on any atom is -0.493 e. The quantitative estimate of drug-likeness (QED) is 0.323. The Kier molecular flexibility index (Phi) is 8.16. The summed E-state index contributed by atoms with van der Waals surface area (Å²) in [7, 11) is 1.38. The van der Waals surface area contributed by atoms with Crippen molar-refractivity contribution in [1.29, 1.82) is 0 Å². The van der Waals surface area contributed by atoms with Crippen molar-refractivity contribution in [3.63, 3.8) is 0 Å². The molecular weight excluding hydrogens is 546 g/mol. The highest BCUT2D eigenvalue weighted by Crippen LogP contribution is 2.40. The van der Waals surface area contributed by atoms with Gasteiger partial charge in [-0.05, 0) is 56.7 Å². The van der Waals surface area contributed by atoms with Crippen LogP contribution in [0.2, 0.25) is 0 Å². The van der Waals surface area contributed by atoms with Crippen LogP contribution in [0.4, 0.5) is 17.6 Å². The summed E-state index contributed by atoms with van der Waals surface area (Å²) >= 11 is 0. The number of nitrogens with one attached hydrogen (secondary N) is 3. The van der Waals surface area contributed by atoms with Crippen LogP contribution in [0.3, 0.4) is 0 Å². The maximum atomic E-state index is 14.8. The van der Waals surface area contributed by atoms with Crippen LogP contribution in [-0.4, -0.2) is 65.3 Å². The Bertz CT molecular complexity index is 1440. The molecule has 2 heterocycles. The maximum absolute atomic E-state index is 14.8. The third-order valence-corrected chi connectivity index (χ3v) is 7.46. The number of carbonyl (C=O) groups excluding carboxylic acids is 2. The predicted molar refractivity (Wildman–Crippen MR) is 141 cm³/mol. The van der Waals surface area contributed by atoms with E-state index in [4.69, 9.17) is 9.47 Å². The number of amides is 2. The number of nitrogens with zero attached hydrogens (tertiary/aromatic N) is 2. The first-order chi connectivity index (χ1) is 19.5. The fourth-order valence-corrected chi connectivity index (χ4v) is 5.16. The molecule has 2 aliphatic rings. The lowest BCUT2D eigenvalue weighted by molar-refractivity contribution is -0.137. The van der Waals surface area contributed by atoms with Crippen LogP contribution in [0.25, 0.3) is 22.3 Å². The second-order valence-corrected chi connectivity index (χ2v) is 10.6. The Labute approximate surface area is 233 Å². The molecular formula is C28H31F4N5O4. The van der Waals surface area contributed by atoms with E-state index in [1.54, 1.807) is 6.92 Å². The largest absolute Gasteiger partial charge is 0.493 e. The Morgan fingerprint density at radius 1 is 1.12 bits per heavy atom. The van der Waals surface area contributed by atoms with Crippen molar-refractivity contribution < 1.29 is 36.6 Å². The van der Waals surface area contributed by atoms with E-state index in [1.165, 1.54) is 19.5 Å². The second-order valence-electron chi connectivity index (χ2n) is 10.6. The van der Waals surface area contributed by atoms with Crippen molar-refractivity contribution in [2.45, 2.75) is 63.5 Å². The van der Waals surface area contributed by atoms with Crippen molar-refractivity contribution in [2.24, 2.45) is 5.92 Å². The number of benzene rings is 1. The van der Waals surface area contributed by atoms with Gasteiger partial charge < -0.3 is 25.1 Å². The molecule has 3 N–H and O–H groups in total. The molecule has 2 amide bonds. The third-order valence-electron chi connectivity index (χ3n) is 7.46.